The van der Waals surface area contributed by atoms with Gasteiger partial charge in [-0.05, 0) is 57.8 Å². The smallest absolute Gasteiger partial charge is 0.305 e. The van der Waals surface area contributed by atoms with Crippen LogP contribution in [0.4, 0.5) is 0 Å². The Morgan fingerprint density at radius 2 is 0.756 bits per heavy atom. The second kappa shape index (κ2) is 64.4. The monoisotopic (exact) mass is 1220 g/mol. The third kappa shape index (κ3) is 52.6. The molecule has 1 amide bonds. The van der Waals surface area contributed by atoms with E-state index in [2.05, 4.69) is 43.5 Å². The van der Waals surface area contributed by atoms with Crippen molar-refractivity contribution in [2.24, 2.45) is 0 Å². The minimum atomic E-state index is -1.58. The molecule has 1 saturated heterocycles. The van der Waals surface area contributed by atoms with Crippen molar-refractivity contribution in [1.82, 2.24) is 5.32 Å². The maximum absolute atomic E-state index is 13.1. The van der Waals surface area contributed by atoms with Crippen LogP contribution >= 0.6 is 0 Å². The van der Waals surface area contributed by atoms with Gasteiger partial charge in [0.2, 0.25) is 5.91 Å². The summed E-state index contributed by atoms with van der Waals surface area (Å²) in [5, 5.41) is 54.5. The molecule has 1 aliphatic rings. The van der Waals surface area contributed by atoms with Gasteiger partial charge >= 0.3 is 5.97 Å². The molecule has 506 valence electrons. The second-order valence-corrected chi connectivity index (χ2v) is 26.0. The van der Waals surface area contributed by atoms with Gasteiger partial charge in [-0.3, -0.25) is 9.59 Å². The molecule has 1 fully saturated rings. The lowest BCUT2D eigenvalue weighted by Crippen LogP contribution is -2.60. The maximum Gasteiger partial charge on any atom is 0.305 e. The highest BCUT2D eigenvalue weighted by Gasteiger charge is 2.44. The minimum absolute atomic E-state index is 0.0134. The Labute approximate surface area is 530 Å². The maximum atomic E-state index is 13.1. The van der Waals surface area contributed by atoms with E-state index in [9.17, 15) is 35.1 Å². The number of unbranched alkanes of at least 4 members (excludes halogenated alkanes) is 48. The summed E-state index contributed by atoms with van der Waals surface area (Å²) in [5.74, 6) is -0.177. The lowest BCUT2D eigenvalue weighted by Gasteiger charge is -2.40. The number of esters is 1. The van der Waals surface area contributed by atoms with Crippen LogP contribution in [-0.4, -0.2) is 100 Å². The van der Waals surface area contributed by atoms with Crippen molar-refractivity contribution < 1.29 is 49.3 Å². The number of aliphatic hydroxyl groups is 5. The lowest BCUT2D eigenvalue weighted by molar-refractivity contribution is -0.302. The normalized spacial score (nSPS) is 18.1. The molecular weight excluding hydrogens is 1070 g/mol. The molecule has 1 heterocycles. The molecule has 11 nitrogen and oxygen atoms in total. The molecule has 0 aromatic rings. The average Bonchev–Trinajstić information content (AvgIpc) is 2.97. The first-order chi connectivity index (χ1) is 42.2. The zero-order valence-electron chi connectivity index (χ0n) is 56.3. The fourth-order valence-electron chi connectivity index (χ4n) is 11.9. The van der Waals surface area contributed by atoms with Crippen LogP contribution in [0, 0.1) is 0 Å². The number of aliphatic hydroxyl groups excluding tert-OH is 5. The number of allylic oxidation sites excluding steroid dienone is 5. The SMILES string of the molecule is CCCCCCC/C=C/CC/C=C/CC/C=C/C(O)C(COC1OC(CO)C(O)C(O)C1O)NC(=O)CCCCCCCCCCCCCCCCCCCCCCCCCCCCCCCCCCOC(=O)CCCCCCCCCCCCC. The van der Waals surface area contributed by atoms with E-state index in [4.69, 9.17) is 14.2 Å². The van der Waals surface area contributed by atoms with Gasteiger partial charge in [0.25, 0.3) is 0 Å². The van der Waals surface area contributed by atoms with E-state index in [1.807, 2.05) is 6.08 Å². The molecular formula is C75H141NO10. The topological polar surface area (TPSA) is 175 Å². The number of hydrogen-bond acceptors (Lipinski definition) is 10. The Morgan fingerprint density at radius 3 is 1.15 bits per heavy atom. The van der Waals surface area contributed by atoms with E-state index < -0.39 is 49.5 Å². The number of hydrogen-bond donors (Lipinski definition) is 6. The van der Waals surface area contributed by atoms with Gasteiger partial charge in [0.05, 0.1) is 32.0 Å². The number of amides is 1. The highest BCUT2D eigenvalue weighted by atomic mass is 16.7. The van der Waals surface area contributed by atoms with Gasteiger partial charge in [-0.1, -0.05) is 333 Å². The predicted molar refractivity (Wildman–Crippen MR) is 361 cm³/mol. The summed E-state index contributed by atoms with van der Waals surface area (Å²) in [6.45, 7) is 4.35. The van der Waals surface area contributed by atoms with Crippen LogP contribution in [0.25, 0.3) is 0 Å². The number of carbonyl (C=O) groups excluding carboxylic acids is 2. The van der Waals surface area contributed by atoms with Crippen molar-refractivity contribution in [3.63, 3.8) is 0 Å². The highest BCUT2D eigenvalue weighted by Crippen LogP contribution is 2.24. The van der Waals surface area contributed by atoms with Crippen LogP contribution in [0.3, 0.4) is 0 Å². The molecule has 11 heteroatoms. The van der Waals surface area contributed by atoms with Crippen LogP contribution < -0.4 is 5.32 Å². The summed E-state index contributed by atoms with van der Waals surface area (Å²) in [4.78, 5) is 25.1. The molecule has 86 heavy (non-hydrogen) atoms. The Bertz CT molecular complexity index is 1520. The van der Waals surface area contributed by atoms with Crippen molar-refractivity contribution in [3.05, 3.63) is 36.5 Å². The minimum Gasteiger partial charge on any atom is -0.466 e. The Morgan fingerprint density at radius 1 is 0.419 bits per heavy atom. The zero-order valence-corrected chi connectivity index (χ0v) is 56.3. The third-order valence-electron chi connectivity index (χ3n) is 17.7. The van der Waals surface area contributed by atoms with E-state index in [0.717, 1.165) is 64.2 Å². The molecule has 6 N–H and O–H groups in total. The molecule has 0 radical (unpaired) electrons. The van der Waals surface area contributed by atoms with E-state index in [0.29, 0.717) is 19.4 Å². The van der Waals surface area contributed by atoms with Gasteiger partial charge < -0.3 is 45.1 Å². The summed E-state index contributed by atoms with van der Waals surface area (Å²) in [6, 6.07) is -0.832. The summed E-state index contributed by atoms with van der Waals surface area (Å²) in [6.07, 6.45) is 72.9. The molecule has 0 spiro atoms. The Kier molecular flexibility index (Phi) is 61.3. The molecule has 0 aromatic heterocycles. The summed E-state index contributed by atoms with van der Waals surface area (Å²) < 4.78 is 16.7. The fraction of sp³-hybridized carbons (Fsp3) is 0.893. The summed E-state index contributed by atoms with van der Waals surface area (Å²) in [5.41, 5.74) is 0. The van der Waals surface area contributed by atoms with Crippen molar-refractivity contribution in [1.29, 1.82) is 0 Å². The molecule has 0 aliphatic carbocycles. The van der Waals surface area contributed by atoms with Crippen molar-refractivity contribution in [2.75, 3.05) is 19.8 Å². The largest absolute Gasteiger partial charge is 0.466 e. The van der Waals surface area contributed by atoms with Crippen molar-refractivity contribution >= 4 is 11.9 Å². The summed E-state index contributed by atoms with van der Waals surface area (Å²) >= 11 is 0. The highest BCUT2D eigenvalue weighted by molar-refractivity contribution is 5.76. The van der Waals surface area contributed by atoms with E-state index in [-0.39, 0.29) is 18.5 Å². The average molecular weight is 1220 g/mol. The summed E-state index contributed by atoms with van der Waals surface area (Å²) in [7, 11) is 0. The van der Waals surface area contributed by atoms with Gasteiger partial charge in [0.15, 0.2) is 6.29 Å². The molecule has 7 atom stereocenters. The molecule has 7 unspecified atom stereocenters. The molecule has 1 aliphatic heterocycles. The number of carbonyl (C=O) groups is 2. The standard InChI is InChI=1S/C75H141NO10/c1-3-5-7-9-11-13-15-16-35-38-42-45-49-53-57-61-68(78)67(66-85-75-74(83)73(82)72(81)69(65-77)86-75)76-70(79)62-58-54-50-46-43-39-36-33-31-29-27-25-23-21-19-17-18-20-22-24-26-28-30-32-34-37-40-44-48-52-56-60-64-84-71(80)63-59-55-51-47-41-14-12-10-8-6-4-2/h15-16,42,45,57,61,67-69,72-75,77-78,81-83H,3-14,17-41,43-44,46-56,58-60,62-66H2,1-2H3,(H,76,79)/b16-15+,45-42+,61-57+. The molecule has 1 rings (SSSR count). The number of nitrogens with one attached hydrogen (secondary N) is 1. The molecule has 0 bridgehead atoms. The van der Waals surface area contributed by atoms with Crippen LogP contribution in [-0.2, 0) is 23.8 Å². The van der Waals surface area contributed by atoms with Crippen molar-refractivity contribution in [2.45, 2.75) is 410 Å². The van der Waals surface area contributed by atoms with Crippen LogP contribution in [0.1, 0.15) is 367 Å². The Hall–Kier alpha value is -2.12. The van der Waals surface area contributed by atoms with Crippen molar-refractivity contribution in [3.8, 4) is 0 Å². The third-order valence-corrected chi connectivity index (χ3v) is 17.7. The lowest BCUT2D eigenvalue weighted by atomic mass is 9.99. The van der Waals surface area contributed by atoms with E-state index in [1.165, 1.54) is 276 Å². The van der Waals surface area contributed by atoms with E-state index >= 15 is 0 Å². The number of ether oxygens (including phenoxy) is 3. The van der Waals surface area contributed by atoms with Gasteiger partial charge in [-0.25, -0.2) is 0 Å². The first-order valence-corrected chi connectivity index (χ1v) is 37.3. The van der Waals surface area contributed by atoms with E-state index in [1.54, 1.807) is 6.08 Å². The first kappa shape index (κ1) is 81.9. The fourth-order valence-corrected chi connectivity index (χ4v) is 11.9. The van der Waals surface area contributed by atoms with Crippen LogP contribution in [0.15, 0.2) is 36.5 Å². The van der Waals surface area contributed by atoms with Crippen LogP contribution in [0.2, 0.25) is 0 Å². The molecule has 0 saturated carbocycles. The Balaban J connectivity index is 1.96. The number of rotatable bonds is 66. The van der Waals surface area contributed by atoms with Gasteiger partial charge in [-0.15, -0.1) is 0 Å². The first-order valence-electron chi connectivity index (χ1n) is 37.3. The van der Waals surface area contributed by atoms with Gasteiger partial charge in [0.1, 0.15) is 24.4 Å². The second-order valence-electron chi connectivity index (χ2n) is 26.0. The van der Waals surface area contributed by atoms with Crippen LogP contribution in [0.5, 0.6) is 0 Å². The molecule has 0 aromatic carbocycles. The zero-order chi connectivity index (χ0) is 62.3. The quantitative estimate of drug-likeness (QED) is 0.0195. The van der Waals surface area contributed by atoms with Gasteiger partial charge in [-0.2, -0.15) is 0 Å². The predicted octanol–water partition coefficient (Wildman–Crippen LogP) is 19.4. The van der Waals surface area contributed by atoms with Gasteiger partial charge in [0, 0.05) is 12.8 Å².